The van der Waals surface area contributed by atoms with Crippen molar-refractivity contribution < 1.29 is 31.6 Å². The molecule has 0 rings (SSSR count). The summed E-state index contributed by atoms with van der Waals surface area (Å²) in [5.74, 6) is -1.43. The summed E-state index contributed by atoms with van der Waals surface area (Å²) in [6, 6.07) is 0. The summed E-state index contributed by atoms with van der Waals surface area (Å²) in [4.78, 5) is 10.9. The molecule has 16 heavy (non-hydrogen) atoms. The molecule has 0 bridgehead atoms. The van der Waals surface area contributed by atoms with E-state index in [0.717, 1.165) is 0 Å². The summed E-state index contributed by atoms with van der Waals surface area (Å²) < 4.78 is 53.7. The van der Waals surface area contributed by atoms with E-state index in [1.165, 1.54) is 14.0 Å². The van der Waals surface area contributed by atoms with Gasteiger partial charge >= 0.3 is 12.3 Å². The van der Waals surface area contributed by atoms with E-state index in [-0.39, 0.29) is 11.5 Å². The van der Waals surface area contributed by atoms with E-state index in [1.54, 1.807) is 0 Å². The molecule has 0 aromatic carbocycles. The molecule has 0 spiro atoms. The Morgan fingerprint density at radius 3 is 2.44 bits per heavy atom. The maximum Gasteiger partial charge on any atom is 0.522 e. The van der Waals surface area contributed by atoms with E-state index in [2.05, 4.69) is 9.47 Å². The number of halogens is 3. The van der Waals surface area contributed by atoms with Crippen LogP contribution in [0, 0.1) is 5.92 Å². The van der Waals surface area contributed by atoms with E-state index < -0.39 is 35.7 Å². The fourth-order valence-electron chi connectivity index (χ4n) is 0.882. The minimum Gasteiger partial charge on any atom is -0.469 e. The Hall–Kier alpha value is -0.630. The molecule has 0 saturated heterocycles. The molecule has 0 saturated carbocycles. The Bertz CT molecular complexity index is 254. The van der Waals surface area contributed by atoms with Gasteiger partial charge in [0.1, 0.15) is 0 Å². The molecule has 0 aliphatic heterocycles. The maximum atomic E-state index is 11.6. The zero-order chi connectivity index (χ0) is 12.8. The average molecular weight is 262 g/mol. The molecule has 0 aromatic rings. The summed E-state index contributed by atoms with van der Waals surface area (Å²) >= 11 is 0. The monoisotopic (exact) mass is 262 g/mol. The van der Waals surface area contributed by atoms with Crippen LogP contribution in [0.25, 0.3) is 0 Å². The van der Waals surface area contributed by atoms with Gasteiger partial charge in [0, 0.05) is 22.3 Å². The fraction of sp³-hybridized carbons (Fsp3) is 0.875. The highest BCUT2D eigenvalue weighted by atomic mass is 32.2. The van der Waals surface area contributed by atoms with E-state index in [9.17, 15) is 22.2 Å². The van der Waals surface area contributed by atoms with Gasteiger partial charge in [-0.25, -0.2) is 0 Å². The minimum absolute atomic E-state index is 0.0338. The minimum atomic E-state index is -4.71. The van der Waals surface area contributed by atoms with Crippen molar-refractivity contribution in [2.24, 2.45) is 5.92 Å². The zero-order valence-electron chi connectivity index (χ0n) is 8.87. The molecule has 0 N–H and O–H groups in total. The fourth-order valence-corrected chi connectivity index (χ4v) is 2.01. The highest BCUT2D eigenvalue weighted by Crippen LogP contribution is 2.15. The summed E-state index contributed by atoms with van der Waals surface area (Å²) in [6.45, 7) is 0.818. The normalized spacial score (nSPS) is 15.6. The molecule has 0 radical (unpaired) electrons. The van der Waals surface area contributed by atoms with Crippen LogP contribution in [-0.2, 0) is 25.1 Å². The molecule has 2 unspecified atom stereocenters. The highest BCUT2D eigenvalue weighted by molar-refractivity contribution is 7.85. The first-order valence-corrected chi connectivity index (χ1v) is 5.88. The Morgan fingerprint density at radius 1 is 1.44 bits per heavy atom. The largest absolute Gasteiger partial charge is 0.522 e. The average Bonchev–Trinajstić information content (AvgIpc) is 2.14. The first-order valence-electron chi connectivity index (χ1n) is 4.39. The van der Waals surface area contributed by atoms with Gasteiger partial charge in [0.15, 0.2) is 0 Å². The molecule has 0 aromatic heterocycles. The molecular weight excluding hydrogens is 249 g/mol. The number of hydrogen-bond donors (Lipinski definition) is 0. The first-order chi connectivity index (χ1) is 7.26. The standard InChI is InChI=1S/C8H13F3O4S/c1-6(7(12)14-2)5-16(13)4-3-15-8(9,10)11/h6H,3-5H2,1-2H3. The van der Waals surface area contributed by atoms with Crippen molar-refractivity contribution in [3.8, 4) is 0 Å². The molecule has 8 heteroatoms. The Labute approximate surface area is 93.6 Å². The van der Waals surface area contributed by atoms with Gasteiger partial charge in [-0.15, -0.1) is 13.2 Å². The molecule has 0 aliphatic carbocycles. The van der Waals surface area contributed by atoms with Gasteiger partial charge < -0.3 is 4.74 Å². The molecule has 0 amide bonds. The zero-order valence-corrected chi connectivity index (χ0v) is 9.69. The van der Waals surface area contributed by atoms with Crippen molar-refractivity contribution in [1.29, 1.82) is 0 Å². The number of hydrogen-bond acceptors (Lipinski definition) is 4. The Balaban J connectivity index is 3.79. The van der Waals surface area contributed by atoms with Crippen molar-refractivity contribution in [3.05, 3.63) is 0 Å². The van der Waals surface area contributed by atoms with E-state index in [0.29, 0.717) is 0 Å². The van der Waals surface area contributed by atoms with Crippen LogP contribution >= 0.6 is 0 Å². The Kier molecular flexibility index (Phi) is 6.58. The Morgan fingerprint density at radius 2 is 2.00 bits per heavy atom. The SMILES string of the molecule is COC(=O)C(C)CS(=O)CCOC(F)(F)F. The van der Waals surface area contributed by atoms with Crippen LogP contribution in [0.4, 0.5) is 13.2 Å². The smallest absolute Gasteiger partial charge is 0.469 e. The topological polar surface area (TPSA) is 52.6 Å². The van der Waals surface area contributed by atoms with Crippen molar-refractivity contribution in [2.75, 3.05) is 25.2 Å². The molecule has 0 aliphatic rings. The first kappa shape index (κ1) is 15.4. The molecule has 96 valence electrons. The quantitative estimate of drug-likeness (QED) is 0.672. The van der Waals surface area contributed by atoms with E-state index in [4.69, 9.17) is 0 Å². The number of ether oxygens (including phenoxy) is 2. The van der Waals surface area contributed by atoms with Crippen LogP contribution in [0.1, 0.15) is 6.92 Å². The second kappa shape index (κ2) is 6.85. The lowest BCUT2D eigenvalue weighted by atomic mass is 10.2. The number of esters is 1. The van der Waals surface area contributed by atoms with Crippen LogP contribution in [0.3, 0.4) is 0 Å². The number of carbonyl (C=O) groups is 1. The number of rotatable bonds is 6. The lowest BCUT2D eigenvalue weighted by Gasteiger charge is -2.09. The maximum absolute atomic E-state index is 11.6. The highest BCUT2D eigenvalue weighted by Gasteiger charge is 2.29. The number of methoxy groups -OCH3 is 1. The third-order valence-corrected chi connectivity index (χ3v) is 3.11. The number of carbonyl (C=O) groups excluding carboxylic acids is 1. The van der Waals surface area contributed by atoms with Crippen molar-refractivity contribution >= 4 is 16.8 Å². The molecule has 0 fully saturated rings. The van der Waals surface area contributed by atoms with E-state index >= 15 is 0 Å². The van der Waals surface area contributed by atoms with Gasteiger partial charge in [-0.1, -0.05) is 6.92 Å². The van der Waals surface area contributed by atoms with Crippen molar-refractivity contribution in [1.82, 2.24) is 0 Å². The third-order valence-electron chi connectivity index (χ3n) is 1.62. The van der Waals surface area contributed by atoms with Crippen LogP contribution < -0.4 is 0 Å². The van der Waals surface area contributed by atoms with Gasteiger partial charge in [-0.3, -0.25) is 13.7 Å². The number of alkyl halides is 3. The molecule has 2 atom stereocenters. The van der Waals surface area contributed by atoms with Crippen LogP contribution in [0.2, 0.25) is 0 Å². The summed E-state index contributed by atoms with van der Waals surface area (Å²) in [6.07, 6.45) is -4.71. The van der Waals surface area contributed by atoms with Gasteiger partial charge in [0.05, 0.1) is 19.6 Å². The van der Waals surface area contributed by atoms with Gasteiger partial charge in [-0.2, -0.15) is 0 Å². The summed E-state index contributed by atoms with van der Waals surface area (Å²) in [5.41, 5.74) is 0. The predicted octanol–water partition coefficient (Wildman–Crippen LogP) is 1.08. The second-order valence-electron chi connectivity index (χ2n) is 3.03. The van der Waals surface area contributed by atoms with E-state index in [1.807, 2.05) is 0 Å². The lowest BCUT2D eigenvalue weighted by molar-refractivity contribution is -0.322. The second-order valence-corrected chi connectivity index (χ2v) is 4.65. The molecule has 4 nitrogen and oxygen atoms in total. The summed E-state index contributed by atoms with van der Waals surface area (Å²) in [5, 5.41) is 0. The van der Waals surface area contributed by atoms with Crippen molar-refractivity contribution in [2.45, 2.75) is 13.3 Å². The van der Waals surface area contributed by atoms with Gasteiger partial charge in [0.2, 0.25) is 0 Å². The van der Waals surface area contributed by atoms with Crippen LogP contribution in [0.5, 0.6) is 0 Å². The summed E-state index contributed by atoms with van der Waals surface area (Å²) in [7, 11) is -0.344. The predicted molar refractivity (Wildman–Crippen MR) is 51.1 cm³/mol. The third kappa shape index (κ3) is 7.63. The molecular formula is C8H13F3O4S. The van der Waals surface area contributed by atoms with Crippen molar-refractivity contribution in [3.63, 3.8) is 0 Å². The van der Waals surface area contributed by atoms with Crippen LogP contribution in [-0.4, -0.2) is 41.8 Å². The lowest BCUT2D eigenvalue weighted by Crippen LogP contribution is -2.23. The molecule has 0 heterocycles. The van der Waals surface area contributed by atoms with Gasteiger partial charge in [0.25, 0.3) is 0 Å². The van der Waals surface area contributed by atoms with Crippen LogP contribution in [0.15, 0.2) is 0 Å². The van der Waals surface area contributed by atoms with Gasteiger partial charge in [-0.05, 0) is 0 Å².